The maximum atomic E-state index is 14.1. The van der Waals surface area contributed by atoms with Crippen LogP contribution in [0.25, 0.3) is 6.08 Å². The van der Waals surface area contributed by atoms with Gasteiger partial charge in [-0.15, -0.1) is 0 Å². The first-order valence-electron chi connectivity index (χ1n) is 15.7. The van der Waals surface area contributed by atoms with E-state index >= 15 is 0 Å². The average molecular weight is 607 g/mol. The minimum absolute atomic E-state index is 0.210. The van der Waals surface area contributed by atoms with Gasteiger partial charge in [0.25, 0.3) is 0 Å². The van der Waals surface area contributed by atoms with Crippen LogP contribution in [0.3, 0.4) is 0 Å². The Kier molecular flexibility index (Phi) is 9.21. The van der Waals surface area contributed by atoms with E-state index in [1.165, 1.54) is 4.90 Å². The number of nitrogens with zero attached hydrogens (tertiary/aromatic N) is 1. The molecule has 0 aromatic heterocycles. The Morgan fingerprint density at radius 2 is 1.71 bits per heavy atom. The molecular weight excluding hydrogens is 567 g/mol. The number of hydrogen-bond donors (Lipinski definition) is 3. The zero-order chi connectivity index (χ0) is 31.5. The molecule has 3 N–H and O–H groups in total. The van der Waals surface area contributed by atoms with Gasteiger partial charge in [-0.1, -0.05) is 55.0 Å². The van der Waals surface area contributed by atoms with Crippen molar-refractivity contribution in [3.63, 3.8) is 0 Å². The molecule has 0 radical (unpaired) electrons. The van der Waals surface area contributed by atoms with Crippen molar-refractivity contribution >= 4 is 42.1 Å². The van der Waals surface area contributed by atoms with Crippen molar-refractivity contribution < 1.29 is 29.1 Å². The van der Waals surface area contributed by atoms with E-state index in [1.54, 1.807) is 31.4 Å². The number of phenolic OH excluding ortho intramolecular Hbond substituents is 1. The molecule has 0 bridgehead atoms. The van der Waals surface area contributed by atoms with Crippen molar-refractivity contribution in [2.75, 3.05) is 23.9 Å². The van der Waals surface area contributed by atoms with Gasteiger partial charge in [-0.25, -0.2) is 0 Å². The second-order valence-electron chi connectivity index (χ2n) is 12.1. The molecule has 2 aliphatic heterocycles. The zero-order valence-electron chi connectivity index (χ0n) is 25.7. The quantitative estimate of drug-likeness (QED) is 0.140. The Bertz CT molecular complexity index is 1610. The van der Waals surface area contributed by atoms with Crippen molar-refractivity contribution in [3.8, 4) is 5.75 Å². The maximum Gasteiger partial charge on any atom is 0.455 e. The first kappa shape index (κ1) is 30.8. The lowest BCUT2D eigenvalue weighted by Gasteiger charge is -2.43. The summed E-state index contributed by atoms with van der Waals surface area (Å²) < 4.78 is 11.7. The normalized spacial score (nSPS) is 23.3. The molecule has 0 saturated carbocycles. The van der Waals surface area contributed by atoms with Gasteiger partial charge in [-0.2, -0.15) is 0 Å². The molecule has 2 saturated heterocycles. The van der Waals surface area contributed by atoms with Gasteiger partial charge in [0.05, 0.1) is 30.2 Å². The number of benzene rings is 3. The average Bonchev–Trinajstić information content (AvgIpc) is 3.29. The van der Waals surface area contributed by atoms with Crippen molar-refractivity contribution in [2.45, 2.75) is 45.0 Å². The molecule has 0 spiro atoms. The lowest BCUT2D eigenvalue weighted by atomic mass is 9.58. The fourth-order valence-electron chi connectivity index (χ4n) is 7.20. The van der Waals surface area contributed by atoms with E-state index in [0.717, 1.165) is 40.1 Å². The standard InChI is InChI=1S/C36H39BN2O6/c1-3-23(19-24-9-7-8-12-31(24)40)13-18-32-33-25(22-44-2)20-29-34(30(33)21-37(43)45-32)36(42)39(35(29)41)28-16-14-27(15-17-28)38-26-10-5-4-6-11-26/h4-12,14-17,19,29-30,32,34,38,40,43H,3,13,18,20-22H2,1-2H3/b23-19+/t29-,30+,32-,34-/m1/s1. The highest BCUT2D eigenvalue weighted by Gasteiger charge is 2.57. The summed E-state index contributed by atoms with van der Waals surface area (Å²) >= 11 is 0. The third-order valence-electron chi connectivity index (χ3n) is 9.29. The summed E-state index contributed by atoms with van der Waals surface area (Å²) in [6.45, 7) is 2.41. The Hall–Kier alpha value is -4.18. The highest BCUT2D eigenvalue weighted by atomic mass is 16.5. The largest absolute Gasteiger partial charge is 0.507 e. The SMILES string of the molecule is CC/C(=C\c1ccccc1O)CC[C@H]1OB(O)C[C@H]2C1=C(COC)C[C@H]1C(=O)N(c3ccc(Nc4ccccc4)cc3)C(=O)[C@H]12. The molecule has 45 heavy (non-hydrogen) atoms. The van der Waals surface area contributed by atoms with Crippen LogP contribution in [0.15, 0.2) is 95.6 Å². The zero-order valence-corrected chi connectivity index (χ0v) is 25.7. The molecule has 0 unspecified atom stereocenters. The van der Waals surface area contributed by atoms with Gasteiger partial charge in [0.1, 0.15) is 5.75 Å². The molecule has 6 rings (SSSR count). The van der Waals surface area contributed by atoms with E-state index < -0.39 is 25.1 Å². The summed E-state index contributed by atoms with van der Waals surface area (Å²) in [6, 6.07) is 24.4. The van der Waals surface area contributed by atoms with E-state index in [0.29, 0.717) is 31.6 Å². The van der Waals surface area contributed by atoms with E-state index in [-0.39, 0.29) is 29.8 Å². The summed E-state index contributed by atoms with van der Waals surface area (Å²) in [5, 5.41) is 24.5. The van der Waals surface area contributed by atoms with Gasteiger partial charge < -0.3 is 24.8 Å². The molecule has 232 valence electrons. The predicted octanol–water partition coefficient (Wildman–Crippen LogP) is 6.36. The van der Waals surface area contributed by atoms with E-state index in [2.05, 4.69) is 12.2 Å². The second-order valence-corrected chi connectivity index (χ2v) is 12.1. The minimum Gasteiger partial charge on any atom is -0.507 e. The van der Waals surface area contributed by atoms with Gasteiger partial charge in [0.2, 0.25) is 11.8 Å². The number of hydrogen-bond acceptors (Lipinski definition) is 7. The van der Waals surface area contributed by atoms with Crippen molar-refractivity contribution in [3.05, 3.63) is 101 Å². The fourth-order valence-corrected chi connectivity index (χ4v) is 7.20. The van der Waals surface area contributed by atoms with E-state index in [1.807, 2.05) is 60.7 Å². The number of ether oxygens (including phenoxy) is 1. The number of imide groups is 1. The third-order valence-corrected chi connectivity index (χ3v) is 9.29. The van der Waals surface area contributed by atoms with Gasteiger partial charge in [0, 0.05) is 24.0 Å². The lowest BCUT2D eigenvalue weighted by molar-refractivity contribution is -0.122. The van der Waals surface area contributed by atoms with Gasteiger partial charge in [0.15, 0.2) is 0 Å². The Morgan fingerprint density at radius 1 is 1.00 bits per heavy atom. The van der Waals surface area contributed by atoms with Crippen LogP contribution < -0.4 is 10.2 Å². The van der Waals surface area contributed by atoms with Gasteiger partial charge in [-0.05, 0) is 91.5 Å². The van der Waals surface area contributed by atoms with Crippen molar-refractivity contribution in [1.82, 2.24) is 0 Å². The topological polar surface area (TPSA) is 108 Å². The molecule has 3 aromatic rings. The van der Waals surface area contributed by atoms with Gasteiger partial charge in [-0.3, -0.25) is 14.5 Å². The van der Waals surface area contributed by atoms with Crippen molar-refractivity contribution in [1.29, 1.82) is 0 Å². The van der Waals surface area contributed by atoms with Crippen LogP contribution in [0, 0.1) is 17.8 Å². The lowest BCUT2D eigenvalue weighted by Crippen LogP contribution is -2.46. The highest BCUT2D eigenvalue weighted by molar-refractivity contribution is 6.43. The van der Waals surface area contributed by atoms with Crippen molar-refractivity contribution in [2.24, 2.45) is 17.8 Å². The molecule has 3 aliphatic rings. The number of rotatable bonds is 10. The van der Waals surface area contributed by atoms with Crippen LogP contribution in [0.2, 0.25) is 6.32 Å². The number of amides is 2. The first-order chi connectivity index (χ1) is 21.9. The number of para-hydroxylation sites is 2. The number of fused-ring (bicyclic) bond motifs is 3. The summed E-state index contributed by atoms with van der Waals surface area (Å²) in [5.74, 6) is -1.62. The smallest absolute Gasteiger partial charge is 0.455 e. The number of anilines is 3. The van der Waals surface area contributed by atoms with Crippen LogP contribution in [0.4, 0.5) is 17.1 Å². The van der Waals surface area contributed by atoms with E-state index in [4.69, 9.17) is 9.39 Å². The summed E-state index contributed by atoms with van der Waals surface area (Å²) in [5.41, 5.74) is 6.21. The second kappa shape index (κ2) is 13.4. The minimum atomic E-state index is -1.04. The van der Waals surface area contributed by atoms with Crippen LogP contribution in [0.1, 0.15) is 38.2 Å². The predicted molar refractivity (Wildman–Crippen MR) is 176 cm³/mol. The summed E-state index contributed by atoms with van der Waals surface area (Å²) in [4.78, 5) is 29.3. The third kappa shape index (κ3) is 6.34. The summed E-state index contributed by atoms with van der Waals surface area (Å²) in [7, 11) is 0.588. The molecule has 2 fully saturated rings. The molecule has 4 atom stereocenters. The highest BCUT2D eigenvalue weighted by Crippen LogP contribution is 2.51. The number of carbonyl (C=O) groups excluding carboxylic acids is 2. The van der Waals surface area contributed by atoms with Crippen LogP contribution >= 0.6 is 0 Å². The molecular formula is C36H39BN2O6. The van der Waals surface area contributed by atoms with Crippen LogP contribution in [-0.2, 0) is 19.0 Å². The van der Waals surface area contributed by atoms with Crippen LogP contribution in [0.5, 0.6) is 5.75 Å². The Morgan fingerprint density at radius 3 is 2.42 bits per heavy atom. The Balaban J connectivity index is 1.24. The number of phenols is 1. The first-order valence-corrected chi connectivity index (χ1v) is 15.7. The maximum absolute atomic E-state index is 14.1. The monoisotopic (exact) mass is 606 g/mol. The number of allylic oxidation sites excluding steroid dienone is 1. The molecule has 8 nitrogen and oxygen atoms in total. The van der Waals surface area contributed by atoms with Gasteiger partial charge >= 0.3 is 7.12 Å². The number of aromatic hydroxyl groups is 1. The molecule has 3 aromatic carbocycles. The molecule has 2 amide bonds. The summed E-state index contributed by atoms with van der Waals surface area (Å²) in [6.07, 6.45) is 4.35. The number of methoxy groups -OCH3 is 1. The fraction of sp³-hybridized carbons (Fsp3) is 0.333. The van der Waals surface area contributed by atoms with Crippen LogP contribution in [-0.4, -0.2) is 48.9 Å². The molecule has 2 heterocycles. The molecule has 9 heteroatoms. The van der Waals surface area contributed by atoms with E-state index in [9.17, 15) is 19.7 Å². The Labute approximate surface area is 264 Å². The molecule has 1 aliphatic carbocycles. The number of carbonyl (C=O) groups is 2. The number of nitrogens with one attached hydrogen (secondary N) is 1.